The quantitative estimate of drug-likeness (QED) is 0.633. The molecule has 0 saturated heterocycles. The van der Waals surface area contributed by atoms with Crippen LogP contribution in [0.15, 0.2) is 24.3 Å². The van der Waals surface area contributed by atoms with E-state index in [0.29, 0.717) is 0 Å². The fourth-order valence-electron chi connectivity index (χ4n) is 1.52. The number of nitrogens with one attached hydrogen (secondary N) is 2. The molecular weight excluding hydrogens is 248 g/mol. The van der Waals surface area contributed by atoms with Gasteiger partial charge in [0.2, 0.25) is 0 Å². The highest BCUT2D eigenvalue weighted by atomic mass is 16.4. The molecule has 0 heterocycles. The minimum Gasteiger partial charge on any atom is -0.480 e. The summed E-state index contributed by atoms with van der Waals surface area (Å²) in [6.07, 6.45) is 0. The van der Waals surface area contributed by atoms with Crippen molar-refractivity contribution in [1.82, 2.24) is 10.6 Å². The van der Waals surface area contributed by atoms with Crippen LogP contribution in [0.25, 0.3) is 0 Å². The van der Waals surface area contributed by atoms with E-state index in [1.165, 1.54) is 0 Å². The SMILES string of the molecule is Cc1ccc(C(C)NC(=O)NC(CO)C(=O)O)cc1. The number of hydrogen-bond acceptors (Lipinski definition) is 3. The van der Waals surface area contributed by atoms with Crippen LogP contribution >= 0.6 is 0 Å². The Morgan fingerprint density at radius 2 is 1.79 bits per heavy atom. The molecule has 0 aromatic heterocycles. The second-order valence-corrected chi connectivity index (χ2v) is 4.32. The van der Waals surface area contributed by atoms with Crippen LogP contribution in [-0.4, -0.2) is 34.9 Å². The molecule has 19 heavy (non-hydrogen) atoms. The van der Waals surface area contributed by atoms with Crippen molar-refractivity contribution in [3.05, 3.63) is 35.4 Å². The van der Waals surface area contributed by atoms with Crippen molar-refractivity contribution in [2.45, 2.75) is 25.9 Å². The number of carboxylic acids is 1. The molecule has 0 bridgehead atoms. The van der Waals surface area contributed by atoms with E-state index in [-0.39, 0.29) is 6.04 Å². The molecule has 0 radical (unpaired) electrons. The fourth-order valence-corrected chi connectivity index (χ4v) is 1.52. The van der Waals surface area contributed by atoms with Gasteiger partial charge >= 0.3 is 12.0 Å². The Labute approximate surface area is 111 Å². The molecule has 1 aromatic carbocycles. The maximum absolute atomic E-state index is 11.6. The van der Waals surface area contributed by atoms with E-state index < -0.39 is 24.6 Å². The number of aliphatic hydroxyl groups is 1. The van der Waals surface area contributed by atoms with Gasteiger partial charge in [0.1, 0.15) is 0 Å². The summed E-state index contributed by atoms with van der Waals surface area (Å²) >= 11 is 0. The van der Waals surface area contributed by atoms with Crippen molar-refractivity contribution in [2.75, 3.05) is 6.61 Å². The number of aryl methyl sites for hydroxylation is 1. The third-order valence-electron chi connectivity index (χ3n) is 2.71. The number of hydrogen-bond donors (Lipinski definition) is 4. The number of carboxylic acid groups (broad SMARTS) is 1. The Morgan fingerprint density at radius 1 is 1.21 bits per heavy atom. The van der Waals surface area contributed by atoms with E-state index in [9.17, 15) is 9.59 Å². The van der Waals surface area contributed by atoms with Crippen LogP contribution in [0, 0.1) is 6.92 Å². The summed E-state index contributed by atoms with van der Waals surface area (Å²) in [4.78, 5) is 22.2. The van der Waals surface area contributed by atoms with Crippen LogP contribution in [0.5, 0.6) is 0 Å². The van der Waals surface area contributed by atoms with E-state index in [1.54, 1.807) is 6.92 Å². The first-order chi connectivity index (χ1) is 8.93. The molecule has 2 atom stereocenters. The summed E-state index contributed by atoms with van der Waals surface area (Å²) in [6.45, 7) is 3.11. The summed E-state index contributed by atoms with van der Waals surface area (Å²) in [5.74, 6) is -1.28. The van der Waals surface area contributed by atoms with Gasteiger partial charge in [0.25, 0.3) is 0 Å². The lowest BCUT2D eigenvalue weighted by Gasteiger charge is -2.17. The van der Waals surface area contributed by atoms with Crippen molar-refractivity contribution in [1.29, 1.82) is 0 Å². The average Bonchev–Trinajstić information content (AvgIpc) is 2.36. The number of aliphatic carboxylic acids is 1. The molecule has 1 rings (SSSR count). The minimum absolute atomic E-state index is 0.256. The first-order valence-corrected chi connectivity index (χ1v) is 5.91. The van der Waals surface area contributed by atoms with Crippen molar-refractivity contribution < 1.29 is 19.8 Å². The highest BCUT2D eigenvalue weighted by Gasteiger charge is 2.19. The van der Waals surface area contributed by atoms with Crippen molar-refractivity contribution in [3.63, 3.8) is 0 Å². The molecule has 0 fully saturated rings. The molecule has 6 nitrogen and oxygen atoms in total. The van der Waals surface area contributed by atoms with Gasteiger partial charge < -0.3 is 20.8 Å². The zero-order valence-electron chi connectivity index (χ0n) is 10.9. The van der Waals surface area contributed by atoms with Gasteiger partial charge in [-0.1, -0.05) is 29.8 Å². The Kier molecular flexibility index (Phi) is 5.32. The maximum Gasteiger partial charge on any atom is 0.328 e. The zero-order valence-corrected chi connectivity index (χ0v) is 10.9. The molecule has 0 aliphatic carbocycles. The second kappa shape index (κ2) is 6.75. The van der Waals surface area contributed by atoms with Gasteiger partial charge in [-0.3, -0.25) is 0 Å². The van der Waals surface area contributed by atoms with Crippen molar-refractivity contribution in [3.8, 4) is 0 Å². The molecule has 4 N–H and O–H groups in total. The van der Waals surface area contributed by atoms with Crippen LogP contribution in [0.2, 0.25) is 0 Å². The average molecular weight is 266 g/mol. The van der Waals surface area contributed by atoms with Gasteiger partial charge in [-0.15, -0.1) is 0 Å². The lowest BCUT2D eigenvalue weighted by atomic mass is 10.1. The monoisotopic (exact) mass is 266 g/mol. The van der Waals surface area contributed by atoms with Gasteiger partial charge in [-0.2, -0.15) is 0 Å². The predicted octanol–water partition coefficient (Wildman–Crippen LogP) is 0.801. The van der Waals surface area contributed by atoms with Crippen LogP contribution in [-0.2, 0) is 4.79 Å². The first kappa shape index (κ1) is 15.0. The second-order valence-electron chi connectivity index (χ2n) is 4.32. The number of amides is 2. The van der Waals surface area contributed by atoms with Gasteiger partial charge in [-0.05, 0) is 19.4 Å². The molecule has 6 heteroatoms. The van der Waals surface area contributed by atoms with Crippen LogP contribution in [0.4, 0.5) is 4.79 Å². The standard InChI is InChI=1S/C13H18N2O4/c1-8-3-5-10(6-4-8)9(2)14-13(19)15-11(7-16)12(17)18/h3-6,9,11,16H,7H2,1-2H3,(H,17,18)(H2,14,15,19). The summed E-state index contributed by atoms with van der Waals surface area (Å²) in [6, 6.07) is 5.45. The van der Waals surface area contributed by atoms with E-state index in [0.717, 1.165) is 11.1 Å². The lowest BCUT2D eigenvalue weighted by Crippen LogP contribution is -2.48. The molecule has 1 aromatic rings. The number of carbonyl (C=O) groups excluding carboxylic acids is 1. The Morgan fingerprint density at radius 3 is 2.26 bits per heavy atom. The summed E-state index contributed by atoms with van der Waals surface area (Å²) in [7, 11) is 0. The largest absolute Gasteiger partial charge is 0.480 e. The molecule has 2 unspecified atom stereocenters. The molecular formula is C13H18N2O4. The first-order valence-electron chi connectivity index (χ1n) is 5.91. The van der Waals surface area contributed by atoms with E-state index in [1.807, 2.05) is 31.2 Å². The molecule has 104 valence electrons. The number of carbonyl (C=O) groups is 2. The molecule has 2 amide bonds. The predicted molar refractivity (Wildman–Crippen MR) is 69.8 cm³/mol. The van der Waals surface area contributed by atoms with E-state index in [4.69, 9.17) is 10.2 Å². The highest BCUT2D eigenvalue weighted by molar-refractivity contribution is 5.82. The van der Waals surface area contributed by atoms with Crippen LogP contribution < -0.4 is 10.6 Å². The molecule has 0 saturated carbocycles. The van der Waals surface area contributed by atoms with Crippen LogP contribution in [0.3, 0.4) is 0 Å². The Bertz CT molecular complexity index is 444. The van der Waals surface area contributed by atoms with E-state index >= 15 is 0 Å². The van der Waals surface area contributed by atoms with Gasteiger partial charge in [0.15, 0.2) is 6.04 Å². The third-order valence-corrected chi connectivity index (χ3v) is 2.71. The highest BCUT2D eigenvalue weighted by Crippen LogP contribution is 2.12. The van der Waals surface area contributed by atoms with Gasteiger partial charge in [0, 0.05) is 0 Å². The third kappa shape index (κ3) is 4.59. The molecule has 0 aliphatic heterocycles. The number of urea groups is 1. The Hall–Kier alpha value is -2.08. The molecule has 0 aliphatic rings. The Balaban J connectivity index is 2.56. The van der Waals surface area contributed by atoms with E-state index in [2.05, 4.69) is 10.6 Å². The molecule has 0 spiro atoms. The smallest absolute Gasteiger partial charge is 0.328 e. The summed E-state index contributed by atoms with van der Waals surface area (Å²) in [5.41, 5.74) is 2.03. The topological polar surface area (TPSA) is 98.7 Å². The number of aliphatic hydroxyl groups excluding tert-OH is 1. The number of rotatable bonds is 5. The normalized spacial score (nSPS) is 13.4. The lowest BCUT2D eigenvalue weighted by molar-refractivity contribution is -0.140. The van der Waals surface area contributed by atoms with Gasteiger partial charge in [0.05, 0.1) is 12.6 Å². The van der Waals surface area contributed by atoms with Crippen molar-refractivity contribution in [2.24, 2.45) is 0 Å². The minimum atomic E-state index is -1.30. The zero-order chi connectivity index (χ0) is 14.4. The summed E-state index contributed by atoms with van der Waals surface area (Å²) in [5, 5.41) is 22.3. The van der Waals surface area contributed by atoms with Gasteiger partial charge in [-0.25, -0.2) is 9.59 Å². The fraction of sp³-hybridized carbons (Fsp3) is 0.385. The summed E-state index contributed by atoms with van der Waals surface area (Å²) < 4.78 is 0. The van der Waals surface area contributed by atoms with Crippen LogP contribution in [0.1, 0.15) is 24.1 Å². The van der Waals surface area contributed by atoms with Crippen molar-refractivity contribution >= 4 is 12.0 Å². The number of benzene rings is 1. The maximum atomic E-state index is 11.6.